The van der Waals surface area contributed by atoms with E-state index in [0.29, 0.717) is 23.7 Å². The highest BCUT2D eigenvalue weighted by molar-refractivity contribution is 6.76. The Kier molecular flexibility index (Phi) is 5.56. The smallest absolute Gasteiger partial charge is 0.276 e. The largest absolute Gasteiger partial charge is 0.479 e. The number of nitrogens with one attached hydrogen (secondary N) is 1. The highest BCUT2D eigenvalue weighted by atomic mass is 35.6. The Morgan fingerprint density at radius 3 is 2.48 bits per heavy atom. The van der Waals surface area contributed by atoms with Crippen LogP contribution in [0.25, 0.3) is 0 Å². The number of rotatable bonds is 3. The SMILES string of the molecule is Cc1ccc(CN2C(=O)C(C)Oc3ccc(NC(=O)C(Cl)(Cl)Cl)cc32)cc1. The molecule has 0 saturated carbocycles. The van der Waals surface area contributed by atoms with Crippen LogP contribution in [0.4, 0.5) is 11.4 Å². The van der Waals surface area contributed by atoms with E-state index in [0.717, 1.165) is 11.1 Å². The number of anilines is 2. The molecule has 0 aromatic heterocycles. The van der Waals surface area contributed by atoms with Crippen LogP contribution in [0.5, 0.6) is 5.75 Å². The summed E-state index contributed by atoms with van der Waals surface area (Å²) in [6.45, 7) is 4.08. The van der Waals surface area contributed by atoms with Crippen molar-refractivity contribution in [1.82, 2.24) is 0 Å². The van der Waals surface area contributed by atoms with Gasteiger partial charge in [0.25, 0.3) is 15.6 Å². The van der Waals surface area contributed by atoms with Crippen molar-refractivity contribution in [1.29, 1.82) is 0 Å². The zero-order chi connectivity index (χ0) is 19.8. The highest BCUT2D eigenvalue weighted by Gasteiger charge is 2.33. The summed E-state index contributed by atoms with van der Waals surface area (Å²) < 4.78 is 3.59. The van der Waals surface area contributed by atoms with Gasteiger partial charge in [-0.1, -0.05) is 64.6 Å². The van der Waals surface area contributed by atoms with Crippen LogP contribution in [0.15, 0.2) is 42.5 Å². The van der Waals surface area contributed by atoms with Crippen LogP contribution in [0, 0.1) is 6.92 Å². The first-order chi connectivity index (χ1) is 12.6. The van der Waals surface area contributed by atoms with Gasteiger partial charge in [-0.25, -0.2) is 0 Å². The first kappa shape index (κ1) is 19.8. The van der Waals surface area contributed by atoms with Crippen molar-refractivity contribution in [2.45, 2.75) is 30.3 Å². The summed E-state index contributed by atoms with van der Waals surface area (Å²) in [6, 6.07) is 12.8. The van der Waals surface area contributed by atoms with Gasteiger partial charge in [-0.2, -0.15) is 0 Å². The van der Waals surface area contributed by atoms with Crippen LogP contribution in [-0.4, -0.2) is 21.7 Å². The summed E-state index contributed by atoms with van der Waals surface area (Å²) in [6.07, 6.45) is -0.607. The van der Waals surface area contributed by atoms with E-state index in [9.17, 15) is 9.59 Å². The lowest BCUT2D eigenvalue weighted by atomic mass is 10.1. The van der Waals surface area contributed by atoms with E-state index < -0.39 is 15.8 Å². The molecule has 27 heavy (non-hydrogen) atoms. The Morgan fingerprint density at radius 1 is 1.19 bits per heavy atom. The predicted molar refractivity (Wildman–Crippen MR) is 108 cm³/mol. The van der Waals surface area contributed by atoms with Crippen LogP contribution in [-0.2, 0) is 16.1 Å². The van der Waals surface area contributed by atoms with Gasteiger partial charge >= 0.3 is 0 Å². The fraction of sp³-hybridized carbons (Fsp3) is 0.263. The number of fused-ring (bicyclic) bond motifs is 1. The Labute approximate surface area is 172 Å². The molecule has 1 atom stereocenters. The number of benzene rings is 2. The summed E-state index contributed by atoms with van der Waals surface area (Å²) >= 11 is 16.8. The van der Waals surface area contributed by atoms with Gasteiger partial charge in [-0.05, 0) is 37.6 Å². The molecule has 0 fully saturated rings. The third kappa shape index (κ3) is 4.49. The highest BCUT2D eigenvalue weighted by Crippen LogP contribution is 2.38. The Morgan fingerprint density at radius 2 is 1.85 bits per heavy atom. The number of halogens is 3. The van der Waals surface area contributed by atoms with Crippen LogP contribution < -0.4 is 15.0 Å². The monoisotopic (exact) mass is 426 g/mol. The topological polar surface area (TPSA) is 58.6 Å². The molecule has 0 radical (unpaired) electrons. The maximum atomic E-state index is 12.7. The Bertz CT molecular complexity index is 879. The Hall–Kier alpha value is -1.95. The number of amides is 2. The van der Waals surface area contributed by atoms with Crippen LogP contribution in [0.1, 0.15) is 18.1 Å². The molecule has 8 heteroatoms. The average molecular weight is 428 g/mol. The van der Waals surface area contributed by atoms with Gasteiger partial charge in [0.2, 0.25) is 0 Å². The minimum absolute atomic E-state index is 0.173. The molecule has 0 bridgehead atoms. The van der Waals surface area contributed by atoms with Crippen molar-refractivity contribution in [3.05, 3.63) is 53.6 Å². The second-order valence-electron chi connectivity index (χ2n) is 6.30. The molecule has 1 aliphatic rings. The molecule has 2 aromatic carbocycles. The van der Waals surface area contributed by atoms with Crippen molar-refractivity contribution in [3.63, 3.8) is 0 Å². The lowest BCUT2D eigenvalue weighted by Gasteiger charge is -2.33. The molecule has 0 spiro atoms. The lowest BCUT2D eigenvalue weighted by Crippen LogP contribution is -2.44. The number of alkyl halides is 3. The zero-order valence-corrected chi connectivity index (χ0v) is 16.9. The number of hydrogen-bond donors (Lipinski definition) is 1. The molecule has 2 amide bonds. The number of aryl methyl sites for hydroxylation is 1. The second kappa shape index (κ2) is 7.58. The van der Waals surface area contributed by atoms with Gasteiger partial charge in [0.05, 0.1) is 12.2 Å². The van der Waals surface area contributed by atoms with Gasteiger partial charge in [-0.15, -0.1) is 0 Å². The summed E-state index contributed by atoms with van der Waals surface area (Å²) in [5.41, 5.74) is 3.05. The number of nitrogens with zero attached hydrogens (tertiary/aromatic N) is 1. The van der Waals surface area contributed by atoms with E-state index >= 15 is 0 Å². The van der Waals surface area contributed by atoms with E-state index in [2.05, 4.69) is 5.32 Å². The van der Waals surface area contributed by atoms with E-state index in [1.807, 2.05) is 31.2 Å². The predicted octanol–water partition coefficient (Wildman–Crippen LogP) is 4.62. The molecule has 0 saturated heterocycles. The minimum Gasteiger partial charge on any atom is -0.479 e. The first-order valence-electron chi connectivity index (χ1n) is 8.21. The van der Waals surface area contributed by atoms with Gasteiger partial charge in [0.1, 0.15) is 5.75 Å². The van der Waals surface area contributed by atoms with Crippen molar-refractivity contribution >= 4 is 58.0 Å². The number of ether oxygens (including phenoxy) is 1. The first-order valence-corrected chi connectivity index (χ1v) is 9.34. The van der Waals surface area contributed by atoms with E-state index in [4.69, 9.17) is 39.5 Å². The molecule has 142 valence electrons. The lowest BCUT2D eigenvalue weighted by molar-refractivity contribution is -0.125. The summed E-state index contributed by atoms with van der Waals surface area (Å²) in [7, 11) is 0. The van der Waals surface area contributed by atoms with Gasteiger partial charge in [-0.3, -0.25) is 9.59 Å². The van der Waals surface area contributed by atoms with Gasteiger partial charge < -0.3 is 15.0 Å². The molecule has 3 rings (SSSR count). The van der Waals surface area contributed by atoms with E-state index in [-0.39, 0.29) is 5.91 Å². The minimum atomic E-state index is -2.08. The fourth-order valence-corrected chi connectivity index (χ4v) is 2.87. The second-order valence-corrected chi connectivity index (χ2v) is 8.59. The van der Waals surface area contributed by atoms with Crippen LogP contribution in [0.3, 0.4) is 0 Å². The molecule has 5 nitrogen and oxygen atoms in total. The molecular formula is C19H17Cl3N2O3. The maximum Gasteiger partial charge on any atom is 0.276 e. The van der Waals surface area contributed by atoms with Crippen LogP contribution in [0.2, 0.25) is 0 Å². The third-order valence-corrected chi connectivity index (χ3v) is 4.66. The third-order valence-electron chi connectivity index (χ3n) is 4.14. The van der Waals surface area contributed by atoms with Gasteiger partial charge in [0, 0.05) is 5.69 Å². The molecule has 1 N–H and O–H groups in total. The molecular weight excluding hydrogens is 411 g/mol. The number of hydrogen-bond acceptors (Lipinski definition) is 3. The fourth-order valence-electron chi connectivity index (χ4n) is 2.73. The molecule has 1 unspecified atom stereocenters. The normalized spacial score (nSPS) is 16.6. The summed E-state index contributed by atoms with van der Waals surface area (Å²) in [4.78, 5) is 26.2. The zero-order valence-electron chi connectivity index (χ0n) is 14.6. The van der Waals surface area contributed by atoms with Crippen LogP contribution >= 0.6 is 34.8 Å². The summed E-state index contributed by atoms with van der Waals surface area (Å²) in [5.74, 6) is -0.414. The van der Waals surface area contributed by atoms with E-state index in [1.165, 1.54) is 0 Å². The maximum absolute atomic E-state index is 12.7. The quantitative estimate of drug-likeness (QED) is 0.727. The Balaban J connectivity index is 1.93. The van der Waals surface area contributed by atoms with Crippen molar-refractivity contribution < 1.29 is 14.3 Å². The molecule has 0 aliphatic carbocycles. The van der Waals surface area contributed by atoms with Gasteiger partial charge in [0.15, 0.2) is 6.10 Å². The van der Waals surface area contributed by atoms with Crippen molar-refractivity contribution in [3.8, 4) is 5.75 Å². The van der Waals surface area contributed by atoms with Crippen molar-refractivity contribution in [2.24, 2.45) is 0 Å². The molecule has 1 aliphatic heterocycles. The number of carbonyl (C=O) groups excluding carboxylic acids is 2. The molecule has 2 aromatic rings. The standard InChI is InChI=1S/C19H17Cl3N2O3/c1-11-3-5-13(6-4-11)10-24-15-9-14(23-18(26)19(20,21)22)7-8-16(15)27-12(2)17(24)25/h3-9,12H,10H2,1-2H3,(H,23,26). The molecule has 1 heterocycles. The van der Waals surface area contributed by atoms with Crippen molar-refractivity contribution in [2.75, 3.05) is 10.2 Å². The van der Waals surface area contributed by atoms with E-state index in [1.54, 1.807) is 30.0 Å². The summed E-state index contributed by atoms with van der Waals surface area (Å²) in [5, 5.41) is 2.52. The average Bonchev–Trinajstić information content (AvgIpc) is 2.60. The number of carbonyl (C=O) groups is 2.